The number of carbonyl (C=O) groups is 1. The molecule has 1 aromatic heterocycles. The van der Waals surface area contributed by atoms with Gasteiger partial charge < -0.3 is 9.52 Å². The fourth-order valence-corrected chi connectivity index (χ4v) is 3.00. The van der Waals surface area contributed by atoms with Gasteiger partial charge in [0.2, 0.25) is 0 Å². The average Bonchev–Trinajstić information content (AvgIpc) is 2.83. The Labute approximate surface area is 125 Å². The van der Waals surface area contributed by atoms with Crippen molar-refractivity contribution in [2.24, 2.45) is 0 Å². The first kappa shape index (κ1) is 13.4. The maximum absolute atomic E-state index is 11.2. The van der Waals surface area contributed by atoms with Gasteiger partial charge in [-0.15, -0.1) is 0 Å². The molecule has 0 saturated heterocycles. The Bertz CT molecular complexity index is 650. The van der Waals surface area contributed by atoms with Crippen LogP contribution in [-0.4, -0.2) is 22.5 Å². The van der Waals surface area contributed by atoms with Gasteiger partial charge in [0.15, 0.2) is 4.67 Å². The summed E-state index contributed by atoms with van der Waals surface area (Å²) in [6.07, 6.45) is 0.764. The fraction of sp³-hybridized carbons (Fsp3) is 0.267. The van der Waals surface area contributed by atoms with Crippen molar-refractivity contribution < 1.29 is 14.3 Å². The molecule has 0 saturated carbocycles. The van der Waals surface area contributed by atoms with Crippen molar-refractivity contribution in [3.8, 4) is 0 Å². The number of hydrogen-bond donors (Lipinski definition) is 1. The number of halogens is 1. The molecule has 1 aliphatic rings. The summed E-state index contributed by atoms with van der Waals surface area (Å²) in [5, 5.41) is 9.21. The van der Waals surface area contributed by atoms with Crippen LogP contribution in [-0.2, 0) is 19.5 Å². The molecule has 20 heavy (non-hydrogen) atoms. The van der Waals surface area contributed by atoms with Gasteiger partial charge in [-0.3, -0.25) is 4.90 Å². The molecule has 1 aromatic carbocycles. The van der Waals surface area contributed by atoms with Crippen LogP contribution in [0.2, 0.25) is 0 Å². The minimum absolute atomic E-state index is 0.433. The number of carboxylic acids is 1. The predicted molar refractivity (Wildman–Crippen MR) is 77.6 cm³/mol. The molecule has 0 spiro atoms. The normalized spacial score (nSPS) is 15.1. The lowest BCUT2D eigenvalue weighted by molar-refractivity contribution is 0.0694. The molecule has 0 fully saturated rings. The third-order valence-electron chi connectivity index (χ3n) is 3.58. The largest absolute Gasteiger partial charge is 0.478 e. The first-order chi connectivity index (χ1) is 9.63. The summed E-state index contributed by atoms with van der Waals surface area (Å²) in [5.74, 6) is 0.0694. The molecule has 2 heterocycles. The second-order valence-corrected chi connectivity index (χ2v) is 5.70. The van der Waals surface area contributed by atoms with Crippen LogP contribution < -0.4 is 0 Å². The van der Waals surface area contributed by atoms with Crippen LogP contribution in [0.5, 0.6) is 0 Å². The molecular weight excluding hydrogens is 322 g/mol. The van der Waals surface area contributed by atoms with Gasteiger partial charge in [0.05, 0.1) is 12.1 Å². The summed E-state index contributed by atoms with van der Waals surface area (Å²) in [6, 6.07) is 9.34. The number of carboxylic acid groups (broad SMARTS) is 1. The fourth-order valence-electron chi connectivity index (χ4n) is 2.66. The van der Waals surface area contributed by atoms with Gasteiger partial charge in [-0.05, 0) is 51.7 Å². The van der Waals surface area contributed by atoms with E-state index >= 15 is 0 Å². The third kappa shape index (κ3) is 2.64. The maximum atomic E-state index is 11.2. The quantitative estimate of drug-likeness (QED) is 0.934. The van der Waals surface area contributed by atoms with E-state index in [0.29, 0.717) is 5.56 Å². The maximum Gasteiger partial charge on any atom is 0.335 e. The van der Waals surface area contributed by atoms with Gasteiger partial charge >= 0.3 is 5.97 Å². The topological polar surface area (TPSA) is 53.7 Å². The Kier molecular flexibility index (Phi) is 3.63. The zero-order chi connectivity index (χ0) is 14.1. The average molecular weight is 336 g/mol. The second-order valence-electron chi connectivity index (χ2n) is 4.91. The van der Waals surface area contributed by atoms with Crippen molar-refractivity contribution in [3.05, 3.63) is 57.5 Å². The summed E-state index contributed by atoms with van der Waals surface area (Å²) in [7, 11) is 0. The van der Waals surface area contributed by atoms with E-state index in [1.807, 2.05) is 24.3 Å². The lowest BCUT2D eigenvalue weighted by Gasteiger charge is -2.28. The SMILES string of the molecule is O=C(O)c1cccc2c1CCN(Cc1ccc(Br)o1)C2. The number of furan rings is 1. The lowest BCUT2D eigenvalue weighted by atomic mass is 9.94. The first-order valence-electron chi connectivity index (χ1n) is 6.44. The Morgan fingerprint density at radius 1 is 1.35 bits per heavy atom. The number of benzene rings is 1. The Morgan fingerprint density at radius 2 is 2.20 bits per heavy atom. The Hall–Kier alpha value is -1.59. The molecule has 1 aliphatic heterocycles. The number of fused-ring (bicyclic) bond motifs is 1. The molecule has 104 valence electrons. The van der Waals surface area contributed by atoms with Crippen molar-refractivity contribution in [2.75, 3.05) is 6.54 Å². The molecule has 2 aromatic rings. The number of hydrogen-bond acceptors (Lipinski definition) is 3. The van der Waals surface area contributed by atoms with Crippen LogP contribution in [0.15, 0.2) is 39.4 Å². The Balaban J connectivity index is 1.79. The molecule has 0 unspecified atom stereocenters. The van der Waals surface area contributed by atoms with Crippen LogP contribution in [0.25, 0.3) is 0 Å². The zero-order valence-corrected chi connectivity index (χ0v) is 12.4. The molecular formula is C15H14BrNO3. The molecule has 0 aliphatic carbocycles. The summed E-state index contributed by atoms with van der Waals surface area (Å²) >= 11 is 3.30. The van der Waals surface area contributed by atoms with Crippen molar-refractivity contribution in [1.82, 2.24) is 4.90 Å². The third-order valence-corrected chi connectivity index (χ3v) is 4.01. The van der Waals surface area contributed by atoms with Crippen LogP contribution in [0, 0.1) is 0 Å². The van der Waals surface area contributed by atoms with E-state index in [1.54, 1.807) is 6.07 Å². The molecule has 0 amide bonds. The van der Waals surface area contributed by atoms with E-state index in [1.165, 1.54) is 0 Å². The van der Waals surface area contributed by atoms with E-state index in [4.69, 9.17) is 4.42 Å². The molecule has 0 atom stereocenters. The van der Waals surface area contributed by atoms with Crippen LogP contribution in [0.3, 0.4) is 0 Å². The number of aromatic carboxylic acids is 1. The van der Waals surface area contributed by atoms with E-state index in [9.17, 15) is 9.90 Å². The van der Waals surface area contributed by atoms with E-state index < -0.39 is 5.97 Å². The molecule has 3 rings (SSSR count). The summed E-state index contributed by atoms with van der Waals surface area (Å²) < 4.78 is 6.25. The van der Waals surface area contributed by atoms with Gasteiger partial charge in [0.1, 0.15) is 5.76 Å². The van der Waals surface area contributed by atoms with Gasteiger partial charge in [-0.25, -0.2) is 4.79 Å². The number of nitrogens with zero attached hydrogens (tertiary/aromatic N) is 1. The first-order valence-corrected chi connectivity index (χ1v) is 7.23. The van der Waals surface area contributed by atoms with Gasteiger partial charge in [-0.1, -0.05) is 12.1 Å². The van der Waals surface area contributed by atoms with Gasteiger partial charge in [-0.2, -0.15) is 0 Å². The highest BCUT2D eigenvalue weighted by Crippen LogP contribution is 2.24. The smallest absolute Gasteiger partial charge is 0.335 e. The van der Waals surface area contributed by atoms with Crippen LogP contribution >= 0.6 is 15.9 Å². The molecule has 0 radical (unpaired) electrons. The summed E-state index contributed by atoms with van der Waals surface area (Å²) in [4.78, 5) is 13.5. The van der Waals surface area contributed by atoms with Crippen molar-refractivity contribution in [3.63, 3.8) is 0 Å². The monoisotopic (exact) mass is 335 g/mol. The Morgan fingerprint density at radius 3 is 2.90 bits per heavy atom. The minimum atomic E-state index is -0.842. The van der Waals surface area contributed by atoms with Crippen molar-refractivity contribution in [2.45, 2.75) is 19.5 Å². The van der Waals surface area contributed by atoms with Crippen LogP contribution in [0.1, 0.15) is 27.2 Å². The van der Waals surface area contributed by atoms with E-state index in [0.717, 1.165) is 47.6 Å². The van der Waals surface area contributed by atoms with E-state index in [-0.39, 0.29) is 0 Å². The second kappa shape index (κ2) is 5.42. The predicted octanol–water partition coefficient (Wildman–Crippen LogP) is 3.30. The van der Waals surface area contributed by atoms with Gasteiger partial charge in [0, 0.05) is 13.1 Å². The van der Waals surface area contributed by atoms with Crippen molar-refractivity contribution in [1.29, 1.82) is 0 Å². The molecule has 4 nitrogen and oxygen atoms in total. The highest BCUT2D eigenvalue weighted by atomic mass is 79.9. The van der Waals surface area contributed by atoms with Gasteiger partial charge in [0.25, 0.3) is 0 Å². The molecule has 0 bridgehead atoms. The summed E-state index contributed by atoms with van der Waals surface area (Å²) in [5.41, 5.74) is 2.50. The highest BCUT2D eigenvalue weighted by molar-refractivity contribution is 9.10. The van der Waals surface area contributed by atoms with Crippen molar-refractivity contribution >= 4 is 21.9 Å². The minimum Gasteiger partial charge on any atom is -0.478 e. The van der Waals surface area contributed by atoms with Crippen LogP contribution in [0.4, 0.5) is 0 Å². The standard InChI is InChI=1S/C15H14BrNO3/c16-14-5-4-11(20-14)9-17-7-6-12-10(8-17)2-1-3-13(12)15(18)19/h1-5H,6-9H2,(H,18,19). The summed E-state index contributed by atoms with van der Waals surface area (Å²) in [6.45, 7) is 2.34. The molecule has 5 heteroatoms. The zero-order valence-electron chi connectivity index (χ0n) is 10.8. The van der Waals surface area contributed by atoms with E-state index in [2.05, 4.69) is 20.8 Å². The lowest BCUT2D eigenvalue weighted by Crippen LogP contribution is -2.31. The molecule has 1 N–H and O–H groups in total. The number of rotatable bonds is 3. The highest BCUT2D eigenvalue weighted by Gasteiger charge is 2.21.